The largest absolute Gasteiger partial charge is 0.469 e. The summed E-state index contributed by atoms with van der Waals surface area (Å²) in [5, 5.41) is 0. The van der Waals surface area contributed by atoms with Gasteiger partial charge in [0, 0.05) is 46.5 Å². The number of rotatable bonds is 0. The second-order valence-electron chi connectivity index (χ2n) is 18.4. The molecule has 6 rings (SSSR count). The molecule has 0 radical (unpaired) electrons. The van der Waals surface area contributed by atoms with Gasteiger partial charge in [-0.3, -0.25) is 9.98 Å². The van der Waals surface area contributed by atoms with Gasteiger partial charge in [0.15, 0.2) is 0 Å². The van der Waals surface area contributed by atoms with E-state index in [1.807, 2.05) is 36.7 Å². The smallest absolute Gasteiger partial charge is 0.109 e. The van der Waals surface area contributed by atoms with Gasteiger partial charge < -0.3 is 4.42 Å². The van der Waals surface area contributed by atoms with Gasteiger partial charge >= 0.3 is 0 Å². The van der Waals surface area contributed by atoms with Gasteiger partial charge in [-0.2, -0.15) is 0 Å². The Morgan fingerprint density at radius 3 is 1.59 bits per heavy atom. The van der Waals surface area contributed by atoms with E-state index in [-0.39, 0.29) is 51.4 Å². The lowest BCUT2D eigenvalue weighted by atomic mass is 9.85. The monoisotopic (exact) mass is 741 g/mol. The first-order valence-electron chi connectivity index (χ1n) is 18.3. The Bertz CT molecular complexity index is 1590. The highest BCUT2D eigenvalue weighted by Crippen LogP contribution is 2.31. The van der Waals surface area contributed by atoms with Crippen LogP contribution in [0.25, 0.3) is 6.08 Å². The van der Waals surface area contributed by atoms with E-state index in [4.69, 9.17) is 4.42 Å². The topological polar surface area (TPSA) is 38.4 Å². The maximum atomic E-state index is 5.20. The van der Waals surface area contributed by atoms with E-state index in [0.717, 1.165) is 30.7 Å². The van der Waals surface area contributed by atoms with Crippen molar-refractivity contribution in [2.24, 2.45) is 15.8 Å². The third kappa shape index (κ3) is 19.6. The quantitative estimate of drug-likeness (QED) is 0.230. The van der Waals surface area contributed by atoms with Crippen molar-refractivity contribution in [3.8, 4) is 0 Å². The molecule has 0 unspecified atom stereocenters. The summed E-state index contributed by atoms with van der Waals surface area (Å²) in [6, 6.07) is 16.8. The zero-order valence-electron chi connectivity index (χ0n) is 34.2. The predicted molar refractivity (Wildman–Crippen MR) is 247 cm³/mol. The molecule has 0 saturated heterocycles. The van der Waals surface area contributed by atoms with E-state index in [9.17, 15) is 0 Å². The Kier molecular flexibility index (Phi) is 23.5. The van der Waals surface area contributed by atoms with Gasteiger partial charge in [0.1, 0.15) is 5.76 Å². The summed E-state index contributed by atoms with van der Waals surface area (Å²) in [5.74, 6) is 1.04. The number of aliphatic imine (C=N–C) groups is 1. The molecular weight excluding hydrogens is 657 g/mol. The van der Waals surface area contributed by atoms with Gasteiger partial charge in [-0.25, -0.2) is 0 Å². The van der Waals surface area contributed by atoms with Gasteiger partial charge in [0.2, 0.25) is 0 Å². The van der Waals surface area contributed by atoms with Crippen molar-refractivity contribution in [1.82, 2.24) is 4.98 Å². The Hall–Kier alpha value is -3.72. The van der Waals surface area contributed by atoms with Crippen LogP contribution in [-0.2, 0) is 22.7 Å². The number of aromatic nitrogens is 1. The number of hydrogen-bond donors (Lipinski definition) is 0. The molecule has 1 aromatic carbocycles. The predicted octanol–water partition coefficient (Wildman–Crippen LogP) is 16.4. The van der Waals surface area contributed by atoms with Crippen molar-refractivity contribution in [2.45, 2.75) is 169 Å². The molecule has 54 heavy (non-hydrogen) atoms. The van der Waals surface area contributed by atoms with E-state index in [1.165, 1.54) is 22.4 Å². The molecule has 0 amide bonds. The van der Waals surface area contributed by atoms with E-state index >= 15 is 0 Å². The first kappa shape index (κ1) is 54.6. The summed E-state index contributed by atoms with van der Waals surface area (Å²) >= 11 is 0. The van der Waals surface area contributed by atoms with Crippen molar-refractivity contribution in [3.63, 3.8) is 0 Å². The minimum atomic E-state index is 0. The molecular formula is C51H84N2O. The minimum absolute atomic E-state index is 0. The first-order valence-corrected chi connectivity index (χ1v) is 18.3. The lowest BCUT2D eigenvalue weighted by molar-refractivity contribution is 0.409. The summed E-state index contributed by atoms with van der Waals surface area (Å²) in [7, 11) is 0. The molecule has 0 N–H and O–H groups in total. The van der Waals surface area contributed by atoms with Crippen LogP contribution in [0.4, 0.5) is 0 Å². The van der Waals surface area contributed by atoms with Gasteiger partial charge in [0.25, 0.3) is 0 Å². The van der Waals surface area contributed by atoms with Gasteiger partial charge in [-0.15, -0.1) is 0 Å². The number of benzene rings is 1. The molecule has 3 heterocycles. The summed E-state index contributed by atoms with van der Waals surface area (Å²) in [4.78, 5) is 8.49. The standard InChI is InChI=1S/C13H16.C9H13N.C9H14.C8H13N.C8H12O.4CH4/c1-13(2,3)12-8-7-10-5-4-6-11(10)9-12;1-9(2,3)8-6-4-5-7-10-8;1-9(2,3)8-6-4-5-7-8;2*1-8(2,3)7-5-4-6-9-7;;;;/h4,6-9H,5H2,1-3H3;4-7H,1-3H3;4-6H,7H2,1-3H3;5-6H,4H2,1-3H3;4-6H,1-3H3;4*1H4. The normalized spacial score (nSPS) is 13.8. The maximum absolute atomic E-state index is 5.20. The number of pyridine rings is 1. The highest BCUT2D eigenvalue weighted by atomic mass is 16.3. The van der Waals surface area contributed by atoms with E-state index in [2.05, 4.69) is 175 Å². The fourth-order valence-corrected chi connectivity index (χ4v) is 5.10. The first-order chi connectivity index (χ1) is 23.0. The molecule has 2 aromatic heterocycles. The summed E-state index contributed by atoms with van der Waals surface area (Å²) in [6.07, 6.45) is 22.0. The molecule has 1 aliphatic heterocycles. The fourth-order valence-electron chi connectivity index (χ4n) is 5.10. The summed E-state index contributed by atoms with van der Waals surface area (Å²) < 4.78 is 5.20. The second-order valence-corrected chi connectivity index (χ2v) is 18.4. The second kappa shape index (κ2) is 23.3. The molecule has 3 heteroatoms. The van der Waals surface area contributed by atoms with Crippen molar-refractivity contribution in [2.75, 3.05) is 0 Å². The lowest BCUT2D eigenvalue weighted by Crippen LogP contribution is -2.12. The molecule has 3 aliphatic rings. The third-order valence-corrected chi connectivity index (χ3v) is 8.49. The van der Waals surface area contributed by atoms with Gasteiger partial charge in [-0.05, 0) is 64.6 Å². The van der Waals surface area contributed by atoms with Gasteiger partial charge in [-0.1, -0.05) is 200 Å². The molecule has 3 nitrogen and oxygen atoms in total. The Morgan fingerprint density at radius 1 is 0.611 bits per heavy atom. The number of allylic oxidation sites excluding steroid dienone is 7. The molecule has 0 atom stereocenters. The van der Waals surface area contributed by atoms with Crippen LogP contribution in [0.1, 0.15) is 175 Å². The van der Waals surface area contributed by atoms with Crippen molar-refractivity contribution >= 4 is 12.3 Å². The van der Waals surface area contributed by atoms with Crippen LogP contribution in [0.2, 0.25) is 0 Å². The van der Waals surface area contributed by atoms with E-state index in [0.29, 0.717) is 5.41 Å². The highest BCUT2D eigenvalue weighted by Gasteiger charge is 2.18. The summed E-state index contributed by atoms with van der Waals surface area (Å²) in [6.45, 7) is 33.0. The molecule has 0 fully saturated rings. The molecule has 3 aromatic rings. The maximum Gasteiger partial charge on any atom is 0.109 e. The average Bonchev–Trinajstić information content (AvgIpc) is 3.84. The Labute approximate surface area is 336 Å². The van der Waals surface area contributed by atoms with Crippen molar-refractivity contribution in [1.29, 1.82) is 0 Å². The number of nitrogens with zero attached hydrogens (tertiary/aromatic N) is 2. The minimum Gasteiger partial charge on any atom is -0.469 e. The molecule has 304 valence electrons. The number of hydrogen-bond acceptors (Lipinski definition) is 3. The van der Waals surface area contributed by atoms with Crippen LogP contribution in [0.5, 0.6) is 0 Å². The van der Waals surface area contributed by atoms with E-state index < -0.39 is 0 Å². The van der Waals surface area contributed by atoms with Crippen LogP contribution >= 0.6 is 0 Å². The molecule has 2 aliphatic carbocycles. The number of furan rings is 1. The van der Waals surface area contributed by atoms with E-state index in [1.54, 1.807) is 11.8 Å². The van der Waals surface area contributed by atoms with Crippen molar-refractivity contribution in [3.05, 3.63) is 131 Å². The number of fused-ring (bicyclic) bond motifs is 1. The molecule has 0 spiro atoms. The lowest BCUT2D eigenvalue weighted by Gasteiger charge is -2.19. The zero-order chi connectivity index (χ0) is 37.8. The highest BCUT2D eigenvalue weighted by molar-refractivity contribution is 5.65. The summed E-state index contributed by atoms with van der Waals surface area (Å²) in [5.41, 5.74) is 9.45. The van der Waals surface area contributed by atoms with Crippen LogP contribution in [0, 0.1) is 10.8 Å². The SMILES string of the molecule is C.C.C.C.CC(C)(C)C1=CC=CC1.CC(C)(C)C1=CCC=N1.CC(C)(C)c1ccc2c(c1)C=CC2.CC(C)(C)c1ccccn1.CC(C)(C)c1ccco1. The van der Waals surface area contributed by atoms with Gasteiger partial charge in [0.05, 0.1) is 6.26 Å². The third-order valence-electron chi connectivity index (χ3n) is 8.49. The Balaban J connectivity index is -0.000000596. The van der Waals surface area contributed by atoms with Crippen LogP contribution in [-0.4, -0.2) is 11.2 Å². The van der Waals surface area contributed by atoms with Crippen LogP contribution < -0.4 is 0 Å². The average molecular weight is 741 g/mol. The zero-order valence-corrected chi connectivity index (χ0v) is 34.2. The molecule has 0 saturated carbocycles. The van der Waals surface area contributed by atoms with Crippen LogP contribution in [0.3, 0.4) is 0 Å². The molecule has 0 bridgehead atoms. The van der Waals surface area contributed by atoms with Crippen LogP contribution in [0.15, 0.2) is 112 Å². The van der Waals surface area contributed by atoms with Crippen molar-refractivity contribution < 1.29 is 4.42 Å². The Morgan fingerprint density at radius 2 is 1.26 bits per heavy atom. The fraction of sp³-hybridized carbons (Fsp3) is 0.529.